The van der Waals surface area contributed by atoms with Gasteiger partial charge in [-0.2, -0.15) is 0 Å². The van der Waals surface area contributed by atoms with E-state index in [0.29, 0.717) is 0 Å². The number of nitrogens with one attached hydrogen (secondary N) is 1. The first-order valence-corrected chi connectivity index (χ1v) is 5.93. The van der Waals surface area contributed by atoms with E-state index in [1.165, 1.54) is 11.1 Å². The molecule has 0 unspecified atom stereocenters. The second-order valence-corrected chi connectivity index (χ2v) is 4.65. The van der Waals surface area contributed by atoms with Gasteiger partial charge in [-0.05, 0) is 36.2 Å². The maximum Gasteiger partial charge on any atom is 0.0416 e. The molecule has 0 amide bonds. The van der Waals surface area contributed by atoms with Crippen molar-refractivity contribution in [1.29, 1.82) is 0 Å². The Morgan fingerprint density at radius 3 is 2.88 bits per heavy atom. The lowest BCUT2D eigenvalue weighted by Crippen LogP contribution is -1.99. The summed E-state index contributed by atoms with van der Waals surface area (Å²) in [6, 6.07) is 10.3. The number of pyridine rings is 1. The number of aryl methyl sites for hydroxylation is 1. The molecule has 1 heterocycles. The average molecular weight is 277 g/mol. The first-order chi connectivity index (χ1) is 7.74. The van der Waals surface area contributed by atoms with Gasteiger partial charge in [0.2, 0.25) is 0 Å². The summed E-state index contributed by atoms with van der Waals surface area (Å²) in [4.78, 5) is 4.16. The number of hydrogen-bond donors (Lipinski definition) is 1. The van der Waals surface area contributed by atoms with Crippen LogP contribution >= 0.6 is 15.9 Å². The Hall–Kier alpha value is -1.35. The number of anilines is 1. The maximum absolute atomic E-state index is 4.16. The van der Waals surface area contributed by atoms with E-state index in [2.05, 4.69) is 45.3 Å². The fourth-order valence-corrected chi connectivity index (χ4v) is 1.92. The van der Waals surface area contributed by atoms with Gasteiger partial charge in [-0.1, -0.05) is 28.1 Å². The van der Waals surface area contributed by atoms with Crippen molar-refractivity contribution in [2.45, 2.75) is 13.5 Å². The average Bonchev–Trinajstić information content (AvgIpc) is 2.27. The van der Waals surface area contributed by atoms with Crippen molar-refractivity contribution in [1.82, 2.24) is 4.98 Å². The third kappa shape index (κ3) is 3.07. The first-order valence-electron chi connectivity index (χ1n) is 5.14. The molecule has 1 N–H and O–H groups in total. The summed E-state index contributed by atoms with van der Waals surface area (Å²) in [5.74, 6) is 0. The molecule has 2 aromatic rings. The Balaban J connectivity index is 2.02. The molecule has 2 rings (SSSR count). The van der Waals surface area contributed by atoms with Crippen molar-refractivity contribution >= 4 is 21.6 Å². The summed E-state index contributed by atoms with van der Waals surface area (Å²) in [7, 11) is 0. The Morgan fingerprint density at radius 1 is 1.25 bits per heavy atom. The summed E-state index contributed by atoms with van der Waals surface area (Å²) in [5, 5.41) is 3.36. The van der Waals surface area contributed by atoms with Gasteiger partial charge in [-0.25, -0.2) is 0 Å². The summed E-state index contributed by atoms with van der Waals surface area (Å²) >= 11 is 3.45. The van der Waals surface area contributed by atoms with Gasteiger partial charge in [0.1, 0.15) is 0 Å². The molecule has 1 aromatic carbocycles. The summed E-state index contributed by atoms with van der Waals surface area (Å²) < 4.78 is 1.08. The van der Waals surface area contributed by atoms with E-state index < -0.39 is 0 Å². The van der Waals surface area contributed by atoms with Crippen LogP contribution in [0.2, 0.25) is 0 Å². The van der Waals surface area contributed by atoms with Gasteiger partial charge in [0.25, 0.3) is 0 Å². The highest BCUT2D eigenvalue weighted by atomic mass is 79.9. The zero-order valence-electron chi connectivity index (χ0n) is 9.07. The molecule has 0 radical (unpaired) electrons. The molecule has 0 aliphatic carbocycles. The van der Waals surface area contributed by atoms with Gasteiger partial charge in [-0.15, -0.1) is 0 Å². The third-order valence-corrected chi connectivity index (χ3v) is 2.75. The standard InChI is InChI=1S/C13H13BrN2/c1-10-5-11(8-15-7-10)9-16-13-4-2-3-12(14)6-13/h2-8,16H,9H2,1H3. The molecule has 0 fully saturated rings. The molecule has 3 heteroatoms. The van der Waals surface area contributed by atoms with Gasteiger partial charge in [0, 0.05) is 29.1 Å². The Kier molecular flexibility index (Phi) is 3.57. The van der Waals surface area contributed by atoms with Gasteiger partial charge in [0.05, 0.1) is 0 Å². The van der Waals surface area contributed by atoms with Crippen molar-refractivity contribution in [3.05, 3.63) is 58.3 Å². The minimum absolute atomic E-state index is 0.797. The second-order valence-electron chi connectivity index (χ2n) is 3.73. The Morgan fingerprint density at radius 2 is 2.12 bits per heavy atom. The molecule has 0 saturated heterocycles. The van der Waals surface area contributed by atoms with Crippen LogP contribution < -0.4 is 5.32 Å². The van der Waals surface area contributed by atoms with Crippen LogP contribution in [0.15, 0.2) is 47.2 Å². The van der Waals surface area contributed by atoms with Crippen molar-refractivity contribution in [3.8, 4) is 0 Å². The number of benzene rings is 1. The highest BCUT2D eigenvalue weighted by Gasteiger charge is 1.95. The molecule has 0 spiro atoms. The molecule has 16 heavy (non-hydrogen) atoms. The van der Waals surface area contributed by atoms with Gasteiger partial charge < -0.3 is 5.32 Å². The fraction of sp³-hybridized carbons (Fsp3) is 0.154. The quantitative estimate of drug-likeness (QED) is 0.923. The molecular weight excluding hydrogens is 264 g/mol. The van der Waals surface area contributed by atoms with E-state index in [-0.39, 0.29) is 0 Å². The monoisotopic (exact) mass is 276 g/mol. The number of halogens is 1. The van der Waals surface area contributed by atoms with Crippen LogP contribution in [-0.4, -0.2) is 4.98 Å². The normalized spacial score (nSPS) is 10.1. The minimum Gasteiger partial charge on any atom is -0.381 e. The highest BCUT2D eigenvalue weighted by molar-refractivity contribution is 9.10. The molecular formula is C13H13BrN2. The predicted octanol–water partition coefficient (Wildman–Crippen LogP) is 3.76. The maximum atomic E-state index is 4.16. The van der Waals surface area contributed by atoms with Gasteiger partial charge in [-0.3, -0.25) is 4.98 Å². The van der Waals surface area contributed by atoms with Crippen molar-refractivity contribution in [2.75, 3.05) is 5.32 Å². The number of nitrogens with zero attached hydrogens (tertiary/aromatic N) is 1. The summed E-state index contributed by atoms with van der Waals surface area (Å²) in [6.07, 6.45) is 3.75. The van der Waals surface area contributed by atoms with Crippen molar-refractivity contribution < 1.29 is 0 Å². The molecule has 0 aliphatic heterocycles. The number of hydrogen-bond acceptors (Lipinski definition) is 2. The zero-order chi connectivity index (χ0) is 11.4. The van der Waals surface area contributed by atoms with Crippen LogP contribution in [0.25, 0.3) is 0 Å². The molecule has 0 bridgehead atoms. The summed E-state index contributed by atoms with van der Waals surface area (Å²) in [5.41, 5.74) is 3.49. The number of rotatable bonds is 3. The van der Waals surface area contributed by atoms with Crippen LogP contribution in [0.4, 0.5) is 5.69 Å². The van der Waals surface area contributed by atoms with Crippen LogP contribution in [-0.2, 0) is 6.54 Å². The highest BCUT2D eigenvalue weighted by Crippen LogP contribution is 2.16. The lowest BCUT2D eigenvalue weighted by molar-refractivity contribution is 1.10. The largest absolute Gasteiger partial charge is 0.381 e. The zero-order valence-corrected chi connectivity index (χ0v) is 10.7. The molecule has 82 valence electrons. The second kappa shape index (κ2) is 5.12. The van der Waals surface area contributed by atoms with Crippen LogP contribution in [0.5, 0.6) is 0 Å². The van der Waals surface area contributed by atoms with Crippen LogP contribution in [0.1, 0.15) is 11.1 Å². The van der Waals surface area contributed by atoms with Gasteiger partial charge >= 0.3 is 0 Å². The van der Waals surface area contributed by atoms with E-state index in [1.54, 1.807) is 0 Å². The van der Waals surface area contributed by atoms with E-state index in [9.17, 15) is 0 Å². The first kappa shape index (κ1) is 11.1. The lowest BCUT2D eigenvalue weighted by Gasteiger charge is -2.07. The lowest BCUT2D eigenvalue weighted by atomic mass is 10.2. The Labute approximate surface area is 104 Å². The van der Waals surface area contributed by atoms with E-state index in [4.69, 9.17) is 0 Å². The minimum atomic E-state index is 0.797. The van der Waals surface area contributed by atoms with Crippen molar-refractivity contribution in [2.24, 2.45) is 0 Å². The molecule has 2 nitrogen and oxygen atoms in total. The third-order valence-electron chi connectivity index (χ3n) is 2.25. The molecule has 1 aromatic heterocycles. The smallest absolute Gasteiger partial charge is 0.0416 e. The van der Waals surface area contributed by atoms with E-state index in [0.717, 1.165) is 16.7 Å². The van der Waals surface area contributed by atoms with E-state index in [1.807, 2.05) is 30.6 Å². The van der Waals surface area contributed by atoms with Crippen LogP contribution in [0, 0.1) is 6.92 Å². The summed E-state index contributed by atoms with van der Waals surface area (Å²) in [6.45, 7) is 2.85. The molecule has 0 aliphatic rings. The van der Waals surface area contributed by atoms with E-state index >= 15 is 0 Å². The SMILES string of the molecule is Cc1cncc(CNc2cccc(Br)c2)c1. The number of aromatic nitrogens is 1. The molecule has 0 atom stereocenters. The Bertz CT molecular complexity index is 437. The molecule has 0 saturated carbocycles. The van der Waals surface area contributed by atoms with Crippen LogP contribution in [0.3, 0.4) is 0 Å². The predicted molar refractivity (Wildman–Crippen MR) is 70.4 cm³/mol. The van der Waals surface area contributed by atoms with Gasteiger partial charge in [0.15, 0.2) is 0 Å². The van der Waals surface area contributed by atoms with Crippen molar-refractivity contribution in [3.63, 3.8) is 0 Å². The fourth-order valence-electron chi connectivity index (χ4n) is 1.52. The topological polar surface area (TPSA) is 24.9 Å².